The highest BCUT2D eigenvalue weighted by Gasteiger charge is 2.20. The third-order valence-corrected chi connectivity index (χ3v) is 2.32. The minimum absolute atomic E-state index is 0.323. The maximum Gasteiger partial charge on any atom is 0.137 e. The Hall–Kier alpha value is -0.370. The second-order valence-electron chi connectivity index (χ2n) is 3.22. The molecule has 0 amide bonds. The fourth-order valence-corrected chi connectivity index (χ4v) is 1.59. The molecule has 0 saturated heterocycles. The van der Waals surface area contributed by atoms with Gasteiger partial charge in [-0.05, 0) is 19.4 Å². The van der Waals surface area contributed by atoms with Gasteiger partial charge in [0.1, 0.15) is 5.78 Å². The van der Waals surface area contributed by atoms with Crippen LogP contribution in [0.5, 0.6) is 0 Å². The number of Topliss-reactive ketones (excluding diaryl/α,β-unsaturated/α-hetero) is 1. The van der Waals surface area contributed by atoms with Crippen molar-refractivity contribution in [3.8, 4) is 0 Å². The van der Waals surface area contributed by atoms with Gasteiger partial charge in [0.15, 0.2) is 0 Å². The summed E-state index contributed by atoms with van der Waals surface area (Å²) >= 11 is 0. The van der Waals surface area contributed by atoms with E-state index in [1.165, 1.54) is 6.42 Å². The molecule has 0 heterocycles. The lowest BCUT2D eigenvalue weighted by atomic mass is 9.88. The molecule has 0 bridgehead atoms. The summed E-state index contributed by atoms with van der Waals surface area (Å²) in [5, 5.41) is 3.23. The summed E-state index contributed by atoms with van der Waals surface area (Å²) in [5.41, 5.74) is 0. The summed E-state index contributed by atoms with van der Waals surface area (Å²) in [6.45, 7) is 3.95. The molecular weight excluding hydrogens is 138 g/mol. The molecule has 1 aliphatic rings. The van der Waals surface area contributed by atoms with Gasteiger partial charge in [-0.1, -0.05) is 13.3 Å². The van der Waals surface area contributed by atoms with E-state index in [2.05, 4.69) is 12.2 Å². The van der Waals surface area contributed by atoms with Gasteiger partial charge in [-0.15, -0.1) is 0 Å². The number of rotatable bonds is 3. The van der Waals surface area contributed by atoms with Crippen LogP contribution in [0.15, 0.2) is 0 Å². The van der Waals surface area contributed by atoms with Crippen molar-refractivity contribution >= 4 is 5.78 Å². The minimum Gasteiger partial charge on any atom is -0.316 e. The van der Waals surface area contributed by atoms with E-state index in [9.17, 15) is 4.79 Å². The Balaban J connectivity index is 2.24. The zero-order chi connectivity index (χ0) is 8.10. The molecule has 0 spiro atoms. The van der Waals surface area contributed by atoms with Crippen LogP contribution < -0.4 is 5.32 Å². The lowest BCUT2D eigenvalue weighted by molar-refractivity contribution is -0.124. The molecule has 0 unspecified atom stereocenters. The smallest absolute Gasteiger partial charge is 0.137 e. The predicted octanol–water partition coefficient (Wildman–Crippen LogP) is 1.36. The maximum atomic E-state index is 11.3. The Morgan fingerprint density at radius 2 is 2.36 bits per heavy atom. The SMILES string of the molecule is CCNC[C@H]1CCCCC1=O. The van der Waals surface area contributed by atoms with E-state index in [1.807, 2.05) is 0 Å². The fraction of sp³-hybridized carbons (Fsp3) is 0.889. The summed E-state index contributed by atoms with van der Waals surface area (Å²) in [6.07, 6.45) is 4.27. The van der Waals surface area contributed by atoms with Crippen LogP contribution in [0.25, 0.3) is 0 Å². The largest absolute Gasteiger partial charge is 0.316 e. The van der Waals surface area contributed by atoms with Crippen LogP contribution in [0.4, 0.5) is 0 Å². The van der Waals surface area contributed by atoms with Gasteiger partial charge in [0.25, 0.3) is 0 Å². The lowest BCUT2D eigenvalue weighted by Gasteiger charge is -2.20. The van der Waals surface area contributed by atoms with E-state index >= 15 is 0 Å². The van der Waals surface area contributed by atoms with E-state index in [1.54, 1.807) is 0 Å². The van der Waals surface area contributed by atoms with E-state index in [0.29, 0.717) is 11.7 Å². The number of carbonyl (C=O) groups excluding carboxylic acids is 1. The molecule has 1 aliphatic carbocycles. The van der Waals surface area contributed by atoms with Gasteiger partial charge in [0.2, 0.25) is 0 Å². The number of nitrogens with one attached hydrogen (secondary N) is 1. The summed E-state index contributed by atoms with van der Waals surface area (Å²) in [6, 6.07) is 0. The molecule has 1 N–H and O–H groups in total. The van der Waals surface area contributed by atoms with Gasteiger partial charge in [-0.25, -0.2) is 0 Å². The Labute approximate surface area is 68.4 Å². The van der Waals surface area contributed by atoms with Gasteiger partial charge in [0, 0.05) is 18.9 Å². The third kappa shape index (κ3) is 2.62. The number of carbonyl (C=O) groups is 1. The van der Waals surface area contributed by atoms with Crippen LogP contribution in [0.1, 0.15) is 32.6 Å². The molecule has 1 rings (SSSR count). The average molecular weight is 155 g/mol. The van der Waals surface area contributed by atoms with Crippen molar-refractivity contribution in [3.05, 3.63) is 0 Å². The molecule has 1 atom stereocenters. The Morgan fingerprint density at radius 1 is 1.55 bits per heavy atom. The summed E-state index contributed by atoms with van der Waals surface area (Å²) in [7, 11) is 0. The number of ketones is 1. The van der Waals surface area contributed by atoms with Crippen molar-refractivity contribution < 1.29 is 4.79 Å². The molecule has 0 aliphatic heterocycles. The molecule has 2 nitrogen and oxygen atoms in total. The van der Waals surface area contributed by atoms with Crippen LogP contribution in [0.3, 0.4) is 0 Å². The predicted molar refractivity (Wildman–Crippen MR) is 45.5 cm³/mol. The lowest BCUT2D eigenvalue weighted by Crippen LogP contribution is -2.30. The quantitative estimate of drug-likeness (QED) is 0.666. The van der Waals surface area contributed by atoms with Crippen molar-refractivity contribution in [2.75, 3.05) is 13.1 Å². The Kier molecular flexibility index (Phi) is 3.57. The second-order valence-corrected chi connectivity index (χ2v) is 3.22. The first-order chi connectivity index (χ1) is 5.34. The highest BCUT2D eigenvalue weighted by atomic mass is 16.1. The Morgan fingerprint density at radius 3 is 3.00 bits per heavy atom. The normalized spacial score (nSPS) is 25.5. The van der Waals surface area contributed by atoms with Crippen LogP contribution in [0.2, 0.25) is 0 Å². The van der Waals surface area contributed by atoms with Crippen molar-refractivity contribution in [3.63, 3.8) is 0 Å². The van der Waals surface area contributed by atoms with E-state index in [4.69, 9.17) is 0 Å². The topological polar surface area (TPSA) is 29.1 Å². The molecule has 11 heavy (non-hydrogen) atoms. The fourth-order valence-electron chi connectivity index (χ4n) is 1.59. The minimum atomic E-state index is 0.323. The maximum absolute atomic E-state index is 11.3. The van der Waals surface area contributed by atoms with E-state index < -0.39 is 0 Å². The van der Waals surface area contributed by atoms with Crippen molar-refractivity contribution in [2.45, 2.75) is 32.6 Å². The standard InChI is InChI=1S/C9H17NO/c1-2-10-7-8-5-3-4-6-9(8)11/h8,10H,2-7H2,1H3/t8-/m1/s1. The first-order valence-corrected chi connectivity index (χ1v) is 4.58. The summed E-state index contributed by atoms with van der Waals surface area (Å²) < 4.78 is 0. The van der Waals surface area contributed by atoms with E-state index in [-0.39, 0.29) is 0 Å². The molecular formula is C9H17NO. The highest BCUT2D eigenvalue weighted by Crippen LogP contribution is 2.19. The van der Waals surface area contributed by atoms with Crippen molar-refractivity contribution in [2.24, 2.45) is 5.92 Å². The van der Waals surface area contributed by atoms with Gasteiger partial charge in [0.05, 0.1) is 0 Å². The van der Waals surface area contributed by atoms with Crippen LogP contribution >= 0.6 is 0 Å². The molecule has 1 fully saturated rings. The second kappa shape index (κ2) is 4.50. The van der Waals surface area contributed by atoms with Gasteiger partial charge in [-0.3, -0.25) is 4.79 Å². The zero-order valence-electron chi connectivity index (χ0n) is 7.23. The number of hydrogen-bond acceptors (Lipinski definition) is 2. The summed E-state index contributed by atoms with van der Waals surface area (Å²) in [5.74, 6) is 0.792. The van der Waals surface area contributed by atoms with Gasteiger partial charge in [-0.2, -0.15) is 0 Å². The van der Waals surface area contributed by atoms with Crippen molar-refractivity contribution in [1.29, 1.82) is 0 Å². The molecule has 1 saturated carbocycles. The number of hydrogen-bond donors (Lipinski definition) is 1. The zero-order valence-corrected chi connectivity index (χ0v) is 7.23. The summed E-state index contributed by atoms with van der Waals surface area (Å²) in [4.78, 5) is 11.3. The molecule has 2 heteroatoms. The molecule has 0 aromatic rings. The molecule has 64 valence electrons. The molecule has 0 aromatic carbocycles. The Bertz CT molecular complexity index is 134. The van der Waals surface area contributed by atoms with Crippen molar-refractivity contribution in [1.82, 2.24) is 5.32 Å². The van der Waals surface area contributed by atoms with E-state index in [0.717, 1.165) is 32.4 Å². The highest BCUT2D eigenvalue weighted by molar-refractivity contribution is 5.81. The first-order valence-electron chi connectivity index (χ1n) is 4.58. The molecule has 0 aromatic heterocycles. The monoisotopic (exact) mass is 155 g/mol. The van der Waals surface area contributed by atoms with Gasteiger partial charge >= 0.3 is 0 Å². The van der Waals surface area contributed by atoms with Crippen LogP contribution in [-0.2, 0) is 4.79 Å². The average Bonchev–Trinajstić information content (AvgIpc) is 2.03. The van der Waals surface area contributed by atoms with Crippen LogP contribution in [0, 0.1) is 5.92 Å². The molecule has 0 radical (unpaired) electrons. The first kappa shape index (κ1) is 8.72. The van der Waals surface area contributed by atoms with Gasteiger partial charge < -0.3 is 5.32 Å². The van der Waals surface area contributed by atoms with Crippen LogP contribution in [-0.4, -0.2) is 18.9 Å². The third-order valence-electron chi connectivity index (χ3n) is 2.32.